The van der Waals surface area contributed by atoms with Gasteiger partial charge in [0.1, 0.15) is 12.3 Å². The van der Waals surface area contributed by atoms with Crippen molar-refractivity contribution in [3.05, 3.63) is 102 Å². The summed E-state index contributed by atoms with van der Waals surface area (Å²) in [5.74, 6) is -1.24. The summed E-state index contributed by atoms with van der Waals surface area (Å²) < 4.78 is 26.4. The molecule has 0 aliphatic heterocycles. The van der Waals surface area contributed by atoms with Gasteiger partial charge in [-0.3, -0.25) is 0 Å². The van der Waals surface area contributed by atoms with E-state index in [1.54, 1.807) is 24.3 Å². The van der Waals surface area contributed by atoms with Crippen LogP contribution in [0.25, 0.3) is 21.2 Å². The van der Waals surface area contributed by atoms with E-state index in [4.69, 9.17) is 9.47 Å². The number of anilines is 1. The van der Waals surface area contributed by atoms with Gasteiger partial charge in [-0.1, -0.05) is 25.3 Å². The Morgan fingerprint density at radius 2 is 1.70 bits per heavy atom. The fourth-order valence-corrected chi connectivity index (χ4v) is 5.57. The molecule has 1 heterocycles. The van der Waals surface area contributed by atoms with Gasteiger partial charge in [-0.25, -0.2) is 14.0 Å². The lowest BCUT2D eigenvalue weighted by Crippen LogP contribution is -2.27. The molecule has 228 valence electrons. The molecule has 44 heavy (non-hydrogen) atoms. The van der Waals surface area contributed by atoms with E-state index in [9.17, 15) is 9.59 Å². The molecule has 0 fully saturated rings. The monoisotopic (exact) mass is 613 g/mol. The van der Waals surface area contributed by atoms with Crippen LogP contribution >= 0.6 is 11.3 Å². The van der Waals surface area contributed by atoms with Gasteiger partial charge in [0.05, 0.1) is 18.8 Å². The normalized spacial score (nSPS) is 11.1. The number of benzene rings is 3. The number of esters is 2. The maximum Gasteiger partial charge on any atom is 0.333 e. The highest BCUT2D eigenvalue weighted by molar-refractivity contribution is 7.19. The summed E-state index contributed by atoms with van der Waals surface area (Å²) in [4.78, 5) is 26.1. The van der Waals surface area contributed by atoms with E-state index in [1.807, 2.05) is 43.3 Å². The quantitative estimate of drug-likeness (QED) is 0.0578. The summed E-state index contributed by atoms with van der Waals surface area (Å²) in [5.41, 5.74) is 3.80. The van der Waals surface area contributed by atoms with Crippen molar-refractivity contribution in [1.82, 2.24) is 0 Å². The van der Waals surface area contributed by atoms with Crippen molar-refractivity contribution in [1.29, 1.82) is 0 Å². The standard InChI is InChI=1S/C35H36FN3O4S/c1-5-34(40)42-20-18-39(6-2)29-14-12-28(13-15-29)37-38-32-16-10-26(23-31(32)36)25-11-17-33-27(21-25)22-30(44-33)9-7-8-19-43-35(41)24(3)4/h5,10-17,21-23H,1,3,6-9,18-20H2,2,4H3/b38-37+. The maximum absolute atomic E-state index is 15.0. The van der Waals surface area contributed by atoms with Crippen LogP contribution in [0.4, 0.5) is 21.5 Å². The second-order valence-corrected chi connectivity index (χ2v) is 11.3. The zero-order valence-corrected chi connectivity index (χ0v) is 25.9. The van der Waals surface area contributed by atoms with Crippen molar-refractivity contribution in [3.63, 3.8) is 0 Å². The Balaban J connectivity index is 1.35. The highest BCUT2D eigenvalue weighted by Gasteiger charge is 2.10. The maximum atomic E-state index is 15.0. The van der Waals surface area contributed by atoms with Gasteiger partial charge in [0.25, 0.3) is 0 Å². The van der Waals surface area contributed by atoms with Crippen molar-refractivity contribution < 1.29 is 23.5 Å². The summed E-state index contributed by atoms with van der Waals surface area (Å²) in [6.45, 7) is 12.6. The van der Waals surface area contributed by atoms with Crippen LogP contribution in [0.5, 0.6) is 0 Å². The van der Waals surface area contributed by atoms with Crippen molar-refractivity contribution in [2.75, 3.05) is 31.2 Å². The number of fused-ring (bicyclic) bond motifs is 1. The molecule has 4 aromatic rings. The first-order chi connectivity index (χ1) is 21.3. The summed E-state index contributed by atoms with van der Waals surface area (Å²) in [7, 11) is 0. The first-order valence-corrected chi connectivity index (χ1v) is 15.3. The van der Waals surface area contributed by atoms with Crippen molar-refractivity contribution in [2.24, 2.45) is 10.2 Å². The minimum Gasteiger partial charge on any atom is -0.462 e. The van der Waals surface area contributed by atoms with Crippen LogP contribution in [-0.4, -0.2) is 38.2 Å². The van der Waals surface area contributed by atoms with Crippen LogP contribution < -0.4 is 4.90 Å². The average molecular weight is 614 g/mol. The SMILES string of the molecule is C=CC(=O)OCCN(CC)c1ccc(/N=N/c2ccc(-c3ccc4sc(CCCCOC(=O)C(=C)C)cc4c3)cc2F)cc1. The number of thiophene rings is 1. The average Bonchev–Trinajstić information content (AvgIpc) is 3.44. The smallest absolute Gasteiger partial charge is 0.333 e. The molecule has 0 aliphatic carbocycles. The number of rotatable bonds is 15. The van der Waals surface area contributed by atoms with Gasteiger partial charge in [0, 0.05) is 33.5 Å². The van der Waals surface area contributed by atoms with Crippen LogP contribution in [0.2, 0.25) is 0 Å². The van der Waals surface area contributed by atoms with Crippen LogP contribution in [0.3, 0.4) is 0 Å². The Morgan fingerprint density at radius 3 is 2.41 bits per heavy atom. The molecule has 0 bridgehead atoms. The molecule has 9 heteroatoms. The molecule has 7 nitrogen and oxygen atoms in total. The van der Waals surface area contributed by atoms with Gasteiger partial charge in [-0.15, -0.1) is 16.5 Å². The van der Waals surface area contributed by atoms with Gasteiger partial charge in [-0.05, 0) is 104 Å². The van der Waals surface area contributed by atoms with E-state index in [1.165, 1.54) is 15.6 Å². The molecule has 0 aliphatic rings. The molecular weight excluding hydrogens is 577 g/mol. The van der Waals surface area contributed by atoms with Gasteiger partial charge < -0.3 is 14.4 Å². The molecular formula is C35H36FN3O4S. The van der Waals surface area contributed by atoms with Crippen molar-refractivity contribution in [3.8, 4) is 11.1 Å². The molecule has 0 saturated heterocycles. The summed E-state index contributed by atoms with van der Waals surface area (Å²) in [5, 5.41) is 9.47. The van der Waals surface area contributed by atoms with Crippen molar-refractivity contribution >= 4 is 50.4 Å². The van der Waals surface area contributed by atoms with Gasteiger partial charge in [0.15, 0.2) is 5.82 Å². The Kier molecular flexibility index (Phi) is 11.5. The molecule has 1 aromatic heterocycles. The van der Waals surface area contributed by atoms with Gasteiger partial charge in [-0.2, -0.15) is 5.11 Å². The number of unbranched alkanes of at least 4 members (excludes halogenated alkanes) is 1. The van der Waals surface area contributed by atoms with Crippen LogP contribution in [0, 0.1) is 5.82 Å². The number of halogens is 1. The lowest BCUT2D eigenvalue weighted by Gasteiger charge is -2.22. The Labute approximate surface area is 261 Å². The molecule has 0 atom stereocenters. The second-order valence-electron chi connectivity index (χ2n) is 10.2. The Morgan fingerprint density at radius 1 is 0.955 bits per heavy atom. The molecule has 0 spiro atoms. The first kappa shape index (κ1) is 32.3. The first-order valence-electron chi connectivity index (χ1n) is 14.5. The third-order valence-electron chi connectivity index (χ3n) is 6.89. The van der Waals surface area contributed by atoms with E-state index >= 15 is 4.39 Å². The molecule has 0 radical (unpaired) electrons. The van der Waals surface area contributed by atoms with Gasteiger partial charge in [0.2, 0.25) is 0 Å². The number of nitrogens with zero attached hydrogens (tertiary/aromatic N) is 3. The number of aryl methyl sites for hydroxylation is 1. The number of carbonyl (C=O) groups excluding carboxylic acids is 2. The highest BCUT2D eigenvalue weighted by Crippen LogP contribution is 2.33. The van der Waals surface area contributed by atoms with Gasteiger partial charge >= 0.3 is 11.9 Å². The van der Waals surface area contributed by atoms with E-state index in [2.05, 4.69) is 46.5 Å². The number of azo groups is 1. The summed E-state index contributed by atoms with van der Waals surface area (Å²) in [6, 6.07) is 20.7. The molecule has 0 saturated carbocycles. The topological polar surface area (TPSA) is 80.6 Å². The number of ether oxygens (including phenoxy) is 2. The third kappa shape index (κ3) is 8.94. The van der Waals surface area contributed by atoms with Crippen LogP contribution in [0.15, 0.2) is 102 Å². The number of hydrogen-bond acceptors (Lipinski definition) is 8. The Bertz CT molecular complexity index is 1660. The van der Waals surface area contributed by atoms with E-state index in [0.717, 1.165) is 54.1 Å². The molecule has 0 N–H and O–H groups in total. The third-order valence-corrected chi connectivity index (χ3v) is 8.07. The van der Waals surface area contributed by atoms with Crippen molar-refractivity contribution in [2.45, 2.75) is 33.1 Å². The lowest BCUT2D eigenvalue weighted by molar-refractivity contribution is -0.139. The predicted molar refractivity (Wildman–Crippen MR) is 176 cm³/mol. The van der Waals surface area contributed by atoms with Crippen LogP contribution in [-0.2, 0) is 25.5 Å². The summed E-state index contributed by atoms with van der Waals surface area (Å²) >= 11 is 1.74. The zero-order chi connectivity index (χ0) is 31.5. The lowest BCUT2D eigenvalue weighted by atomic mass is 10.0. The highest BCUT2D eigenvalue weighted by atomic mass is 32.1. The minimum atomic E-state index is -0.451. The molecule has 0 unspecified atom stereocenters. The number of carbonyl (C=O) groups is 2. The summed E-state index contributed by atoms with van der Waals surface area (Å²) in [6.07, 6.45) is 3.76. The molecule has 3 aromatic carbocycles. The van der Waals surface area contributed by atoms with E-state index in [0.29, 0.717) is 24.4 Å². The fourth-order valence-electron chi connectivity index (χ4n) is 4.48. The van der Waals surface area contributed by atoms with Crippen LogP contribution in [0.1, 0.15) is 31.6 Å². The van der Waals surface area contributed by atoms with E-state index in [-0.39, 0.29) is 18.3 Å². The largest absolute Gasteiger partial charge is 0.462 e. The Hall–Kier alpha value is -4.63. The second kappa shape index (κ2) is 15.7. The molecule has 0 amide bonds. The minimum absolute atomic E-state index is 0.157. The van der Waals surface area contributed by atoms with E-state index < -0.39 is 11.8 Å². The predicted octanol–water partition coefficient (Wildman–Crippen LogP) is 9.12. The fraction of sp³-hybridized carbons (Fsp3) is 0.257. The molecule has 4 rings (SSSR count). The number of hydrogen-bond donors (Lipinski definition) is 0. The zero-order valence-electron chi connectivity index (χ0n) is 25.1. The number of likely N-dealkylation sites (N-methyl/N-ethyl adjacent to an activating group) is 1.